The van der Waals surface area contributed by atoms with E-state index in [0.29, 0.717) is 11.0 Å². The fourth-order valence-electron chi connectivity index (χ4n) is 3.18. The van der Waals surface area contributed by atoms with Crippen LogP contribution in [0.15, 0.2) is 27.8 Å². The van der Waals surface area contributed by atoms with Crippen molar-refractivity contribution in [3.8, 4) is 11.6 Å². The fraction of sp³-hybridized carbons (Fsp3) is 0.250. The molecule has 23 heavy (non-hydrogen) atoms. The molecule has 1 atom stereocenters. The first-order valence-corrected chi connectivity index (χ1v) is 7.13. The number of hydrogen-bond acceptors (Lipinski definition) is 4. The van der Waals surface area contributed by atoms with E-state index < -0.39 is 22.7 Å². The Bertz CT molecular complexity index is 1110. The van der Waals surface area contributed by atoms with Gasteiger partial charge in [-0.15, -0.1) is 0 Å². The number of nitrogens with zero attached hydrogens (tertiary/aromatic N) is 2. The first kappa shape index (κ1) is 13.8. The molecule has 0 fully saturated rings. The molecule has 1 aliphatic heterocycles. The minimum Gasteiger partial charge on any atom is -0.494 e. The highest BCUT2D eigenvalue weighted by molar-refractivity contribution is 5.98. The van der Waals surface area contributed by atoms with Gasteiger partial charge in [0, 0.05) is 19.2 Å². The first-order chi connectivity index (χ1) is 10.9. The lowest BCUT2D eigenvalue weighted by Crippen LogP contribution is -2.26. The number of benzene rings is 1. The molecule has 0 amide bonds. The van der Waals surface area contributed by atoms with E-state index in [4.69, 9.17) is 4.74 Å². The maximum absolute atomic E-state index is 13.8. The van der Waals surface area contributed by atoms with Crippen molar-refractivity contribution in [1.82, 2.24) is 9.13 Å². The van der Waals surface area contributed by atoms with Crippen LogP contribution in [0.2, 0.25) is 0 Å². The van der Waals surface area contributed by atoms with Crippen LogP contribution in [0.3, 0.4) is 0 Å². The number of aromatic nitrogens is 2. The van der Waals surface area contributed by atoms with Crippen molar-refractivity contribution in [3.63, 3.8) is 0 Å². The number of rotatable bonds is 0. The summed E-state index contributed by atoms with van der Waals surface area (Å²) in [6.45, 7) is 2.14. The Hall–Kier alpha value is -2.83. The van der Waals surface area contributed by atoms with Crippen molar-refractivity contribution >= 4 is 21.8 Å². The summed E-state index contributed by atoms with van der Waals surface area (Å²) in [5.74, 6) is -0.751. The van der Waals surface area contributed by atoms with Crippen LogP contribution >= 0.6 is 0 Å². The Labute approximate surface area is 129 Å². The molecule has 3 heterocycles. The largest absolute Gasteiger partial charge is 0.494 e. The molecule has 7 heteroatoms. The van der Waals surface area contributed by atoms with Gasteiger partial charge in [-0.3, -0.25) is 14.2 Å². The molecule has 3 aromatic rings. The summed E-state index contributed by atoms with van der Waals surface area (Å²) in [7, 11) is 1.38. The molecular weight excluding hydrogens is 303 g/mol. The lowest BCUT2D eigenvalue weighted by molar-refractivity contribution is 0.249. The van der Waals surface area contributed by atoms with E-state index in [0.717, 1.165) is 10.6 Å². The molecule has 0 saturated carbocycles. The SMILES string of the molecule is CC1COc2cc(F)cc3c(=O)c4c(O)n(C)c(=O)cc4n1c23. The van der Waals surface area contributed by atoms with Gasteiger partial charge in [0.2, 0.25) is 11.3 Å². The van der Waals surface area contributed by atoms with E-state index in [-0.39, 0.29) is 29.2 Å². The van der Waals surface area contributed by atoms with Crippen LogP contribution in [0.1, 0.15) is 13.0 Å². The zero-order chi connectivity index (χ0) is 16.5. The summed E-state index contributed by atoms with van der Waals surface area (Å²) in [6.07, 6.45) is 0. The average molecular weight is 316 g/mol. The Balaban J connectivity index is 2.42. The van der Waals surface area contributed by atoms with Crippen LogP contribution in [-0.4, -0.2) is 20.8 Å². The Morgan fingerprint density at radius 3 is 2.78 bits per heavy atom. The quantitative estimate of drug-likeness (QED) is 0.640. The van der Waals surface area contributed by atoms with E-state index in [1.54, 1.807) is 4.57 Å². The molecule has 1 unspecified atom stereocenters. The molecule has 1 N–H and O–H groups in total. The molecule has 0 radical (unpaired) electrons. The summed E-state index contributed by atoms with van der Waals surface area (Å²) < 4.78 is 22.1. The molecule has 6 nitrogen and oxygen atoms in total. The second-order valence-corrected chi connectivity index (χ2v) is 5.78. The van der Waals surface area contributed by atoms with Gasteiger partial charge < -0.3 is 14.4 Å². The van der Waals surface area contributed by atoms with Gasteiger partial charge in [-0.25, -0.2) is 4.39 Å². The predicted molar refractivity (Wildman–Crippen MR) is 82.8 cm³/mol. The van der Waals surface area contributed by atoms with E-state index in [1.807, 2.05) is 6.92 Å². The Morgan fingerprint density at radius 1 is 1.30 bits per heavy atom. The smallest absolute Gasteiger partial charge is 0.255 e. The standard InChI is InChI=1S/C16H13FN2O4/c1-7-6-23-11-4-8(17)3-9-14(11)19(7)10-5-12(20)18(2)16(22)13(10)15(9)21/h3-5,7,22H,6H2,1-2H3. The van der Waals surface area contributed by atoms with Gasteiger partial charge in [-0.2, -0.15) is 0 Å². The van der Waals surface area contributed by atoms with Crippen molar-refractivity contribution in [2.75, 3.05) is 6.61 Å². The predicted octanol–water partition coefficient (Wildman–Crippen LogP) is 1.65. The van der Waals surface area contributed by atoms with Crippen LogP contribution < -0.4 is 15.7 Å². The molecule has 0 saturated heterocycles. The van der Waals surface area contributed by atoms with Gasteiger partial charge in [-0.1, -0.05) is 0 Å². The topological polar surface area (TPSA) is 73.5 Å². The highest BCUT2D eigenvalue weighted by Gasteiger charge is 2.26. The molecule has 2 aromatic heterocycles. The average Bonchev–Trinajstić information content (AvgIpc) is 2.50. The minimum absolute atomic E-state index is 0.00454. The van der Waals surface area contributed by atoms with E-state index >= 15 is 0 Å². The third-order valence-corrected chi connectivity index (χ3v) is 4.32. The number of aromatic hydroxyl groups is 1. The third-order valence-electron chi connectivity index (χ3n) is 4.32. The Kier molecular flexibility index (Phi) is 2.61. The molecular formula is C16H13FN2O4. The number of hydrogen-bond donors (Lipinski definition) is 1. The number of halogens is 1. The molecule has 118 valence electrons. The maximum Gasteiger partial charge on any atom is 0.255 e. The molecule has 0 bridgehead atoms. The third kappa shape index (κ3) is 1.67. The number of fused-ring (bicyclic) bond motifs is 2. The van der Waals surface area contributed by atoms with Crippen LogP contribution in [0.5, 0.6) is 11.6 Å². The summed E-state index contributed by atoms with van der Waals surface area (Å²) in [5.41, 5.74) is -0.195. The van der Waals surface area contributed by atoms with Gasteiger partial charge in [0.15, 0.2) is 0 Å². The fourth-order valence-corrected chi connectivity index (χ4v) is 3.18. The second-order valence-electron chi connectivity index (χ2n) is 5.78. The first-order valence-electron chi connectivity index (χ1n) is 7.13. The van der Waals surface area contributed by atoms with Crippen molar-refractivity contribution in [1.29, 1.82) is 0 Å². The lowest BCUT2D eigenvalue weighted by Gasteiger charge is -2.28. The van der Waals surface area contributed by atoms with Crippen molar-refractivity contribution in [2.45, 2.75) is 13.0 Å². The molecule has 1 aliphatic rings. The maximum atomic E-state index is 13.8. The van der Waals surface area contributed by atoms with Gasteiger partial charge >= 0.3 is 0 Å². The van der Waals surface area contributed by atoms with E-state index in [9.17, 15) is 19.1 Å². The summed E-state index contributed by atoms with van der Waals surface area (Å²) in [6, 6.07) is 3.48. The van der Waals surface area contributed by atoms with Crippen LogP contribution in [-0.2, 0) is 7.05 Å². The molecule has 4 rings (SSSR count). The number of pyridine rings is 2. The van der Waals surface area contributed by atoms with E-state index in [2.05, 4.69) is 0 Å². The number of ether oxygens (including phenoxy) is 1. The molecule has 0 spiro atoms. The van der Waals surface area contributed by atoms with Gasteiger partial charge in [0.05, 0.1) is 22.5 Å². The summed E-state index contributed by atoms with van der Waals surface area (Å²) in [4.78, 5) is 24.8. The Morgan fingerprint density at radius 2 is 2.04 bits per heavy atom. The van der Waals surface area contributed by atoms with Gasteiger partial charge in [0.25, 0.3) is 5.56 Å². The monoisotopic (exact) mass is 316 g/mol. The summed E-state index contributed by atoms with van der Waals surface area (Å²) >= 11 is 0. The van der Waals surface area contributed by atoms with Crippen molar-refractivity contribution < 1.29 is 14.2 Å². The van der Waals surface area contributed by atoms with Crippen LogP contribution in [0, 0.1) is 5.82 Å². The normalized spacial score (nSPS) is 16.7. The minimum atomic E-state index is -0.589. The van der Waals surface area contributed by atoms with Crippen LogP contribution in [0.25, 0.3) is 21.8 Å². The van der Waals surface area contributed by atoms with Crippen molar-refractivity contribution in [2.24, 2.45) is 7.05 Å². The zero-order valence-electron chi connectivity index (χ0n) is 12.5. The van der Waals surface area contributed by atoms with Gasteiger partial charge in [0.1, 0.15) is 23.6 Å². The molecule has 0 aliphatic carbocycles. The van der Waals surface area contributed by atoms with Crippen LogP contribution in [0.4, 0.5) is 4.39 Å². The van der Waals surface area contributed by atoms with Crippen molar-refractivity contribution in [3.05, 3.63) is 44.6 Å². The molecule has 1 aromatic carbocycles. The van der Waals surface area contributed by atoms with Gasteiger partial charge in [-0.05, 0) is 13.0 Å². The summed E-state index contributed by atoms with van der Waals surface area (Å²) in [5, 5.41) is 10.4. The second kappa shape index (κ2) is 4.34. The highest BCUT2D eigenvalue weighted by atomic mass is 19.1. The highest BCUT2D eigenvalue weighted by Crippen LogP contribution is 2.36. The van der Waals surface area contributed by atoms with E-state index in [1.165, 1.54) is 19.2 Å². The zero-order valence-corrected chi connectivity index (χ0v) is 12.5. The lowest BCUT2D eigenvalue weighted by atomic mass is 10.1.